The van der Waals surface area contributed by atoms with Crippen LogP contribution in [0, 0.1) is 23.3 Å². The second-order valence-corrected chi connectivity index (χ2v) is 10.5. The summed E-state index contributed by atoms with van der Waals surface area (Å²) in [7, 11) is 3.39. The zero-order valence-corrected chi connectivity index (χ0v) is 22.0. The van der Waals surface area contributed by atoms with Crippen LogP contribution in [0.5, 0.6) is 0 Å². The highest BCUT2D eigenvalue weighted by atomic mass is 35.5. The monoisotopic (exact) mass is 564 g/mol. The highest BCUT2D eigenvalue weighted by Crippen LogP contribution is 2.47. The molecule has 0 radical (unpaired) electrons. The smallest absolute Gasteiger partial charge is 0.249 e. The van der Waals surface area contributed by atoms with Crippen LogP contribution >= 0.6 is 11.6 Å². The number of hydrogen-bond acceptors (Lipinski definition) is 6. The molecule has 1 aromatic heterocycles. The van der Waals surface area contributed by atoms with Crippen LogP contribution in [0.25, 0.3) is 0 Å². The van der Waals surface area contributed by atoms with Crippen molar-refractivity contribution < 1.29 is 31.5 Å². The SMILES string of the molecule is COCC1(NC(=O)C2(C)C(c3ccc(Cl)o3)C(c3ccc(F)cc3F)=NN2c2ccc(F)cc2F)CN(C)C1. The number of ether oxygens (including phenoxy) is 1. The minimum atomic E-state index is -1.79. The van der Waals surface area contributed by atoms with Crippen LogP contribution in [0.4, 0.5) is 23.2 Å². The van der Waals surface area contributed by atoms with Crippen LogP contribution in [0.3, 0.4) is 0 Å². The topological polar surface area (TPSA) is 70.3 Å². The van der Waals surface area contributed by atoms with E-state index < -0.39 is 46.2 Å². The molecule has 0 spiro atoms. The average Bonchev–Trinajstić information content (AvgIpc) is 3.39. The third-order valence-corrected chi connectivity index (χ3v) is 7.31. The predicted molar refractivity (Wildman–Crippen MR) is 137 cm³/mol. The molecule has 1 amide bonds. The van der Waals surface area contributed by atoms with Crippen molar-refractivity contribution in [3.05, 3.63) is 88.3 Å². The van der Waals surface area contributed by atoms with E-state index in [1.54, 1.807) is 0 Å². The van der Waals surface area contributed by atoms with Gasteiger partial charge in [0.15, 0.2) is 16.6 Å². The van der Waals surface area contributed by atoms with Gasteiger partial charge in [0.1, 0.15) is 23.2 Å². The molecular weight excluding hydrogens is 540 g/mol. The summed E-state index contributed by atoms with van der Waals surface area (Å²) >= 11 is 6.08. The number of furan rings is 1. The Morgan fingerprint density at radius 1 is 1.10 bits per heavy atom. The lowest BCUT2D eigenvalue weighted by Gasteiger charge is -2.50. The van der Waals surface area contributed by atoms with E-state index in [1.807, 2.05) is 11.9 Å². The molecule has 2 aliphatic rings. The number of likely N-dealkylation sites (N-methyl/N-ethyl adjacent to an activating group) is 1. The maximum atomic E-state index is 15.2. The Hall–Kier alpha value is -3.41. The van der Waals surface area contributed by atoms with E-state index >= 15 is 8.78 Å². The summed E-state index contributed by atoms with van der Waals surface area (Å²) in [5.41, 5.74) is -2.95. The lowest BCUT2D eigenvalue weighted by atomic mass is 9.77. The molecule has 39 heavy (non-hydrogen) atoms. The molecule has 0 saturated carbocycles. The van der Waals surface area contributed by atoms with Gasteiger partial charge in [-0.1, -0.05) is 0 Å². The first-order valence-electron chi connectivity index (χ1n) is 12.0. The number of halogens is 5. The third kappa shape index (κ3) is 4.68. The lowest BCUT2D eigenvalue weighted by Crippen LogP contribution is -2.74. The van der Waals surface area contributed by atoms with Crippen molar-refractivity contribution in [2.24, 2.45) is 5.10 Å². The van der Waals surface area contributed by atoms with Crippen LogP contribution in [-0.4, -0.2) is 61.5 Å². The molecule has 1 saturated heterocycles. The van der Waals surface area contributed by atoms with Crippen LogP contribution in [0.2, 0.25) is 5.22 Å². The van der Waals surface area contributed by atoms with Gasteiger partial charge in [0.05, 0.1) is 29.5 Å². The van der Waals surface area contributed by atoms with E-state index in [1.165, 1.54) is 32.2 Å². The fraction of sp³-hybridized carbons (Fsp3) is 0.333. The second kappa shape index (κ2) is 9.96. The van der Waals surface area contributed by atoms with Gasteiger partial charge in [-0.05, 0) is 62.0 Å². The standard InChI is InChI=1S/C27H25ClF4N4O3/c1-26(25(37)33-27(14-38-3)12-35(2)13-27)23(21-8-9-22(28)39-21)24(17-6-4-15(29)10-18(17)31)34-36(26)20-7-5-16(30)11-19(20)32/h4-11,23H,12-14H2,1-3H3,(H,33,37). The number of rotatable bonds is 7. The van der Waals surface area contributed by atoms with Crippen LogP contribution in [-0.2, 0) is 9.53 Å². The highest BCUT2D eigenvalue weighted by Gasteiger charge is 2.59. The zero-order valence-electron chi connectivity index (χ0n) is 21.3. The molecule has 2 atom stereocenters. The van der Waals surface area contributed by atoms with E-state index in [0.717, 1.165) is 23.2 Å². The maximum Gasteiger partial charge on any atom is 0.249 e. The number of methoxy groups -OCH3 is 1. The van der Waals surface area contributed by atoms with Gasteiger partial charge in [0.2, 0.25) is 5.91 Å². The van der Waals surface area contributed by atoms with Gasteiger partial charge >= 0.3 is 0 Å². The molecule has 0 aliphatic carbocycles. The number of benzene rings is 2. The van der Waals surface area contributed by atoms with Crippen molar-refractivity contribution >= 4 is 28.9 Å². The fourth-order valence-corrected chi connectivity index (χ4v) is 5.63. The van der Waals surface area contributed by atoms with Crippen molar-refractivity contribution in [1.82, 2.24) is 10.2 Å². The van der Waals surface area contributed by atoms with Crippen molar-refractivity contribution in [1.29, 1.82) is 0 Å². The Bertz CT molecular complexity index is 1450. The quantitative estimate of drug-likeness (QED) is 0.421. The minimum absolute atomic E-state index is 0.00503. The van der Waals surface area contributed by atoms with E-state index in [4.69, 9.17) is 20.8 Å². The van der Waals surface area contributed by atoms with Crippen LogP contribution in [0.15, 0.2) is 58.0 Å². The number of carbonyl (C=O) groups is 1. The summed E-state index contributed by atoms with van der Waals surface area (Å²) in [5.74, 6) is -5.20. The molecule has 0 bridgehead atoms. The summed E-state index contributed by atoms with van der Waals surface area (Å²) < 4.78 is 69.1. The molecule has 5 rings (SSSR count). The van der Waals surface area contributed by atoms with Gasteiger partial charge in [0.25, 0.3) is 0 Å². The van der Waals surface area contributed by atoms with E-state index in [9.17, 15) is 13.6 Å². The number of likely N-dealkylation sites (tertiary alicyclic amines) is 1. The van der Waals surface area contributed by atoms with Gasteiger partial charge < -0.3 is 19.4 Å². The molecule has 1 fully saturated rings. The zero-order chi connectivity index (χ0) is 28.1. The number of nitrogens with one attached hydrogen (secondary N) is 1. The van der Waals surface area contributed by atoms with E-state index in [2.05, 4.69) is 10.4 Å². The van der Waals surface area contributed by atoms with Crippen molar-refractivity contribution in [2.75, 3.05) is 38.9 Å². The molecular formula is C27H25ClF4N4O3. The number of amides is 1. The number of anilines is 1. The van der Waals surface area contributed by atoms with Crippen LogP contribution < -0.4 is 10.3 Å². The minimum Gasteiger partial charge on any atom is -0.449 e. The van der Waals surface area contributed by atoms with Gasteiger partial charge in [-0.3, -0.25) is 4.79 Å². The van der Waals surface area contributed by atoms with Crippen molar-refractivity contribution in [3.63, 3.8) is 0 Å². The van der Waals surface area contributed by atoms with Gasteiger partial charge in [-0.2, -0.15) is 5.10 Å². The molecule has 3 heterocycles. The molecule has 2 aromatic carbocycles. The molecule has 3 aromatic rings. The van der Waals surface area contributed by atoms with Gasteiger partial charge in [-0.25, -0.2) is 22.6 Å². The second-order valence-electron chi connectivity index (χ2n) is 10.1. The Morgan fingerprint density at radius 2 is 1.77 bits per heavy atom. The van der Waals surface area contributed by atoms with Crippen molar-refractivity contribution in [2.45, 2.75) is 23.9 Å². The summed E-state index contributed by atoms with van der Waals surface area (Å²) in [6.45, 7) is 2.64. The number of hydrazone groups is 1. The summed E-state index contributed by atoms with van der Waals surface area (Å²) in [6, 6.07) is 8.67. The number of carbonyl (C=O) groups excluding carboxylic acids is 1. The normalized spacial score (nSPS) is 22.5. The van der Waals surface area contributed by atoms with Gasteiger partial charge in [0, 0.05) is 37.9 Å². The van der Waals surface area contributed by atoms with E-state index in [0.29, 0.717) is 25.2 Å². The first-order valence-corrected chi connectivity index (χ1v) is 12.4. The average molecular weight is 565 g/mol. The number of nitrogens with zero attached hydrogens (tertiary/aromatic N) is 3. The molecule has 2 aliphatic heterocycles. The highest BCUT2D eigenvalue weighted by molar-refractivity contribution is 6.28. The van der Waals surface area contributed by atoms with Crippen molar-refractivity contribution in [3.8, 4) is 0 Å². The predicted octanol–water partition coefficient (Wildman–Crippen LogP) is 4.70. The Morgan fingerprint density at radius 3 is 2.33 bits per heavy atom. The first kappa shape index (κ1) is 27.2. The van der Waals surface area contributed by atoms with Crippen LogP contribution in [0.1, 0.15) is 24.2 Å². The molecule has 1 N–H and O–H groups in total. The lowest BCUT2D eigenvalue weighted by molar-refractivity contribution is -0.132. The van der Waals surface area contributed by atoms with Gasteiger partial charge in [-0.15, -0.1) is 0 Å². The first-order chi connectivity index (χ1) is 18.5. The molecule has 2 unspecified atom stereocenters. The van der Waals surface area contributed by atoms with E-state index in [-0.39, 0.29) is 34.5 Å². The summed E-state index contributed by atoms with van der Waals surface area (Å²) in [5, 5.41) is 8.61. The third-order valence-electron chi connectivity index (χ3n) is 7.11. The Balaban J connectivity index is 1.71. The molecule has 7 nitrogen and oxygen atoms in total. The molecule has 12 heteroatoms. The summed E-state index contributed by atoms with van der Waals surface area (Å²) in [4.78, 5) is 16.3. The fourth-order valence-electron chi connectivity index (χ4n) is 5.48. The summed E-state index contributed by atoms with van der Waals surface area (Å²) in [6.07, 6.45) is 0. The largest absolute Gasteiger partial charge is 0.449 e. The molecule has 206 valence electrons. The maximum absolute atomic E-state index is 15.2. The number of hydrogen-bond donors (Lipinski definition) is 1. The Kier molecular flexibility index (Phi) is 6.94. The Labute approximate surface area is 227 Å².